The zero-order valence-electron chi connectivity index (χ0n) is 14.0. The molecule has 0 atom stereocenters. The van der Waals surface area contributed by atoms with Crippen LogP contribution in [-0.2, 0) is 4.79 Å². The van der Waals surface area contributed by atoms with Crippen molar-refractivity contribution in [3.8, 4) is 0 Å². The predicted molar refractivity (Wildman–Crippen MR) is 105 cm³/mol. The van der Waals surface area contributed by atoms with Gasteiger partial charge in [0.25, 0.3) is 5.56 Å². The number of nitrogens with one attached hydrogen (secondary N) is 2. The van der Waals surface area contributed by atoms with E-state index in [2.05, 4.69) is 22.3 Å². The lowest BCUT2D eigenvalue weighted by Crippen LogP contribution is -2.30. The van der Waals surface area contributed by atoms with Crippen LogP contribution >= 0.6 is 11.8 Å². The number of carbonyl (C=O) groups is 1. The molecule has 3 aromatic rings. The Balaban J connectivity index is 1.96. The van der Waals surface area contributed by atoms with E-state index in [4.69, 9.17) is 0 Å². The summed E-state index contributed by atoms with van der Waals surface area (Å²) in [5.74, 6) is -0.00157. The van der Waals surface area contributed by atoms with E-state index in [9.17, 15) is 9.59 Å². The molecular formula is C19H18N4O2S. The van der Waals surface area contributed by atoms with Crippen LogP contribution in [0.5, 0.6) is 0 Å². The quantitative estimate of drug-likeness (QED) is 0.382. The number of thioether (sulfide) groups is 1. The van der Waals surface area contributed by atoms with Crippen molar-refractivity contribution in [3.63, 3.8) is 0 Å². The van der Waals surface area contributed by atoms with Gasteiger partial charge in [-0.05, 0) is 24.3 Å². The highest BCUT2D eigenvalue weighted by Crippen LogP contribution is 2.18. The predicted octanol–water partition coefficient (Wildman–Crippen LogP) is 2.67. The van der Waals surface area contributed by atoms with E-state index in [1.165, 1.54) is 16.4 Å². The summed E-state index contributed by atoms with van der Waals surface area (Å²) in [6.45, 7) is 3.97. The Morgan fingerprint density at radius 2 is 1.88 bits per heavy atom. The summed E-state index contributed by atoms with van der Waals surface area (Å²) in [7, 11) is 0. The Morgan fingerprint density at radius 3 is 2.65 bits per heavy atom. The summed E-state index contributed by atoms with van der Waals surface area (Å²) in [5, 5.41) is 3.64. The van der Waals surface area contributed by atoms with E-state index in [1.54, 1.807) is 24.3 Å². The molecular weight excluding hydrogens is 348 g/mol. The lowest BCUT2D eigenvalue weighted by molar-refractivity contribution is -0.118. The summed E-state index contributed by atoms with van der Waals surface area (Å²) >= 11 is 1.20. The van der Waals surface area contributed by atoms with Crippen LogP contribution in [0.4, 0.5) is 5.69 Å². The normalized spacial score (nSPS) is 10.5. The first-order valence-corrected chi connectivity index (χ1v) is 9.02. The zero-order chi connectivity index (χ0) is 18.4. The third-order valence-corrected chi connectivity index (χ3v) is 4.47. The molecule has 2 N–H and O–H groups in total. The molecule has 3 rings (SSSR count). The molecule has 0 spiro atoms. The van der Waals surface area contributed by atoms with Gasteiger partial charge in [0.1, 0.15) is 0 Å². The number of fused-ring (bicyclic) bond motifs is 1. The molecule has 0 bridgehead atoms. The van der Waals surface area contributed by atoms with Gasteiger partial charge in [-0.3, -0.25) is 15.0 Å². The first kappa shape index (κ1) is 17.8. The molecule has 6 nitrogen and oxygen atoms in total. The number of amides is 1. The Bertz CT molecular complexity index is 986. The molecule has 1 heterocycles. The second-order valence-corrected chi connectivity index (χ2v) is 6.35. The number of benzene rings is 2. The number of anilines is 1. The van der Waals surface area contributed by atoms with Crippen molar-refractivity contribution in [2.24, 2.45) is 0 Å². The number of hydrogen-bond donors (Lipinski definition) is 2. The van der Waals surface area contributed by atoms with Gasteiger partial charge in [0.15, 0.2) is 5.16 Å². The molecule has 132 valence electrons. The first-order chi connectivity index (χ1) is 12.7. The number of aromatic nitrogens is 2. The third-order valence-electron chi connectivity index (χ3n) is 3.54. The smallest absolute Gasteiger partial charge is 0.280 e. The fourth-order valence-corrected chi connectivity index (χ4v) is 3.10. The van der Waals surface area contributed by atoms with Crippen molar-refractivity contribution in [2.75, 3.05) is 17.7 Å². The molecule has 1 aromatic heterocycles. The minimum absolute atomic E-state index is 0.148. The lowest BCUT2D eigenvalue weighted by atomic mass is 10.2. The Labute approximate surface area is 154 Å². The largest absolute Gasteiger partial charge is 0.352 e. The molecule has 0 fully saturated rings. The van der Waals surface area contributed by atoms with Gasteiger partial charge in [-0.25, -0.2) is 4.98 Å². The van der Waals surface area contributed by atoms with Gasteiger partial charge < -0.3 is 5.32 Å². The number of nitrogens with zero attached hydrogens (tertiary/aromatic N) is 2. The highest BCUT2D eigenvalue weighted by Gasteiger charge is 2.13. The topological polar surface area (TPSA) is 76.0 Å². The maximum atomic E-state index is 12.9. The molecule has 0 aliphatic carbocycles. The van der Waals surface area contributed by atoms with E-state index >= 15 is 0 Å². The summed E-state index contributed by atoms with van der Waals surface area (Å²) < 4.78 is 1.38. The number of para-hydroxylation sites is 2. The van der Waals surface area contributed by atoms with Crippen LogP contribution in [-0.4, -0.2) is 27.9 Å². The van der Waals surface area contributed by atoms with Gasteiger partial charge >= 0.3 is 0 Å². The average Bonchev–Trinajstić information content (AvgIpc) is 2.68. The molecule has 0 radical (unpaired) electrons. The minimum atomic E-state index is -0.214. The molecule has 0 saturated carbocycles. The molecule has 0 unspecified atom stereocenters. The number of hydrogen-bond acceptors (Lipinski definition) is 5. The van der Waals surface area contributed by atoms with Crippen LogP contribution in [0.2, 0.25) is 0 Å². The van der Waals surface area contributed by atoms with Crippen molar-refractivity contribution in [2.45, 2.75) is 5.16 Å². The summed E-state index contributed by atoms with van der Waals surface area (Å²) in [6, 6.07) is 16.5. The summed E-state index contributed by atoms with van der Waals surface area (Å²) in [5.41, 5.74) is 4.21. The molecule has 2 aromatic carbocycles. The van der Waals surface area contributed by atoms with Crippen molar-refractivity contribution < 1.29 is 4.79 Å². The van der Waals surface area contributed by atoms with Gasteiger partial charge in [0.2, 0.25) is 5.91 Å². The number of carbonyl (C=O) groups excluding carboxylic acids is 1. The van der Waals surface area contributed by atoms with E-state index in [1.807, 2.05) is 36.4 Å². The second kappa shape index (κ2) is 8.35. The lowest BCUT2D eigenvalue weighted by Gasteiger charge is -2.14. The summed E-state index contributed by atoms with van der Waals surface area (Å²) in [6.07, 6.45) is 1.61. The van der Waals surface area contributed by atoms with E-state index in [0.717, 1.165) is 5.69 Å². The minimum Gasteiger partial charge on any atom is -0.352 e. The van der Waals surface area contributed by atoms with E-state index < -0.39 is 0 Å². The fraction of sp³-hybridized carbons (Fsp3) is 0.105. The third kappa shape index (κ3) is 4.12. The van der Waals surface area contributed by atoms with Gasteiger partial charge in [-0.1, -0.05) is 48.2 Å². The average molecular weight is 366 g/mol. The van der Waals surface area contributed by atoms with Crippen LogP contribution in [0, 0.1) is 0 Å². The van der Waals surface area contributed by atoms with E-state index in [-0.39, 0.29) is 17.2 Å². The molecule has 0 aliphatic heterocycles. The molecule has 0 aliphatic rings. The molecule has 1 amide bonds. The van der Waals surface area contributed by atoms with Crippen LogP contribution in [0.1, 0.15) is 0 Å². The van der Waals surface area contributed by atoms with Crippen molar-refractivity contribution in [3.05, 3.63) is 77.6 Å². The Morgan fingerprint density at radius 1 is 1.15 bits per heavy atom. The van der Waals surface area contributed by atoms with Crippen LogP contribution < -0.4 is 16.3 Å². The monoisotopic (exact) mass is 366 g/mol. The van der Waals surface area contributed by atoms with Crippen molar-refractivity contribution in [1.29, 1.82) is 0 Å². The van der Waals surface area contributed by atoms with Crippen molar-refractivity contribution in [1.82, 2.24) is 15.0 Å². The molecule has 26 heavy (non-hydrogen) atoms. The first-order valence-electron chi connectivity index (χ1n) is 8.03. The molecule has 7 heteroatoms. The SMILES string of the molecule is C=CCNC(=O)CSc1nc2ccccc2c(=O)n1Nc1ccccc1. The zero-order valence-corrected chi connectivity index (χ0v) is 14.8. The Hall–Kier alpha value is -3.06. The maximum absolute atomic E-state index is 12.9. The van der Waals surface area contributed by atoms with Gasteiger partial charge in [0, 0.05) is 6.54 Å². The van der Waals surface area contributed by atoms with Crippen LogP contribution in [0.15, 0.2) is 77.2 Å². The van der Waals surface area contributed by atoms with Crippen LogP contribution in [0.3, 0.4) is 0 Å². The highest BCUT2D eigenvalue weighted by molar-refractivity contribution is 7.99. The Kier molecular flexibility index (Phi) is 5.70. The highest BCUT2D eigenvalue weighted by atomic mass is 32.2. The number of rotatable bonds is 7. The fourth-order valence-electron chi connectivity index (χ4n) is 2.32. The van der Waals surface area contributed by atoms with Crippen molar-refractivity contribution >= 4 is 34.3 Å². The standard InChI is InChI=1S/C19H18N4O2S/c1-2-12-20-17(24)13-26-19-21-16-11-7-6-10-15(16)18(25)23(19)22-14-8-4-3-5-9-14/h2-11,22H,1,12-13H2,(H,20,24). The van der Waals surface area contributed by atoms with Gasteiger partial charge in [-0.15, -0.1) is 6.58 Å². The summed E-state index contributed by atoms with van der Waals surface area (Å²) in [4.78, 5) is 29.3. The van der Waals surface area contributed by atoms with Gasteiger partial charge in [0.05, 0.1) is 22.3 Å². The second-order valence-electron chi connectivity index (χ2n) is 5.41. The van der Waals surface area contributed by atoms with E-state index in [0.29, 0.717) is 22.6 Å². The maximum Gasteiger partial charge on any atom is 0.280 e. The van der Waals surface area contributed by atoms with Crippen LogP contribution in [0.25, 0.3) is 10.9 Å². The van der Waals surface area contributed by atoms with Gasteiger partial charge in [-0.2, -0.15) is 4.68 Å². The molecule has 0 saturated heterocycles.